The van der Waals surface area contributed by atoms with Gasteiger partial charge in [-0.3, -0.25) is 14.4 Å². The molecule has 0 aliphatic heterocycles. The van der Waals surface area contributed by atoms with Crippen molar-refractivity contribution in [3.05, 3.63) is 74.1 Å². The quantitative estimate of drug-likeness (QED) is 0.392. The van der Waals surface area contributed by atoms with Crippen molar-refractivity contribution in [1.82, 2.24) is 5.32 Å². The molecule has 0 fully saturated rings. The van der Waals surface area contributed by atoms with Crippen molar-refractivity contribution < 1.29 is 23.9 Å². The number of thiophene rings is 2. The van der Waals surface area contributed by atoms with Crippen molar-refractivity contribution in [2.45, 2.75) is 26.5 Å². The summed E-state index contributed by atoms with van der Waals surface area (Å²) in [6, 6.07) is 13.2. The van der Waals surface area contributed by atoms with E-state index in [1.165, 1.54) is 48.7 Å². The maximum Gasteiger partial charge on any atom is 0.338 e. The van der Waals surface area contributed by atoms with Gasteiger partial charge in [0.1, 0.15) is 0 Å². The summed E-state index contributed by atoms with van der Waals surface area (Å²) in [6.45, 7) is 3.28. The van der Waals surface area contributed by atoms with Gasteiger partial charge in [0.15, 0.2) is 6.10 Å². The van der Waals surface area contributed by atoms with Crippen LogP contribution in [-0.2, 0) is 16.1 Å². The van der Waals surface area contributed by atoms with Crippen molar-refractivity contribution in [3.63, 3.8) is 0 Å². The van der Waals surface area contributed by atoms with Crippen LogP contribution in [0.4, 0.5) is 5.69 Å². The molecule has 2 heterocycles. The Morgan fingerprint density at radius 2 is 1.74 bits per heavy atom. The zero-order valence-electron chi connectivity index (χ0n) is 16.8. The van der Waals surface area contributed by atoms with Gasteiger partial charge in [-0.2, -0.15) is 0 Å². The monoisotopic (exact) mass is 456 g/mol. The predicted octanol–water partition coefficient (Wildman–Crippen LogP) is 4.13. The molecule has 0 aliphatic rings. The van der Waals surface area contributed by atoms with Crippen LogP contribution in [0.3, 0.4) is 0 Å². The van der Waals surface area contributed by atoms with E-state index in [1.807, 2.05) is 5.38 Å². The number of Topliss-reactive ketones (excluding diaryl/α,β-unsaturated/α-hetero) is 1. The molecule has 0 aliphatic carbocycles. The van der Waals surface area contributed by atoms with Crippen molar-refractivity contribution in [2.75, 3.05) is 5.32 Å². The lowest BCUT2D eigenvalue weighted by Gasteiger charge is -2.12. The summed E-state index contributed by atoms with van der Waals surface area (Å²) in [4.78, 5) is 49.9. The molecule has 31 heavy (non-hydrogen) atoms. The Hall–Kier alpha value is -3.30. The predicted molar refractivity (Wildman–Crippen MR) is 120 cm³/mol. The van der Waals surface area contributed by atoms with E-state index in [0.29, 0.717) is 22.0 Å². The van der Waals surface area contributed by atoms with Crippen molar-refractivity contribution in [1.29, 1.82) is 0 Å². The molecule has 2 amide bonds. The van der Waals surface area contributed by atoms with Gasteiger partial charge in [-0.1, -0.05) is 6.07 Å². The Morgan fingerprint density at radius 1 is 1.00 bits per heavy atom. The summed E-state index contributed by atoms with van der Waals surface area (Å²) in [7, 11) is 0. The Balaban J connectivity index is 1.56. The molecule has 7 nitrogen and oxygen atoms in total. The fourth-order valence-electron chi connectivity index (χ4n) is 2.59. The summed E-state index contributed by atoms with van der Waals surface area (Å²) in [5.74, 6) is -1.32. The molecule has 2 N–H and O–H groups in total. The lowest BCUT2D eigenvalue weighted by atomic mass is 10.2. The number of ketones is 1. The fraction of sp³-hybridized carbons (Fsp3) is 0.182. The largest absolute Gasteiger partial charge is 0.451 e. The van der Waals surface area contributed by atoms with E-state index in [1.54, 1.807) is 36.4 Å². The number of benzene rings is 1. The van der Waals surface area contributed by atoms with Crippen LogP contribution >= 0.6 is 22.7 Å². The highest BCUT2D eigenvalue weighted by Gasteiger charge is 2.22. The molecule has 0 radical (unpaired) electrons. The zero-order valence-corrected chi connectivity index (χ0v) is 18.5. The molecule has 1 unspecified atom stereocenters. The molecule has 1 atom stereocenters. The van der Waals surface area contributed by atoms with Gasteiger partial charge in [-0.15, -0.1) is 22.7 Å². The number of amides is 2. The van der Waals surface area contributed by atoms with Gasteiger partial charge in [-0.25, -0.2) is 4.79 Å². The van der Waals surface area contributed by atoms with Gasteiger partial charge in [0.25, 0.3) is 5.91 Å². The number of esters is 1. The van der Waals surface area contributed by atoms with Crippen LogP contribution in [-0.4, -0.2) is 29.7 Å². The fourth-order valence-corrected chi connectivity index (χ4v) is 4.17. The average molecular weight is 457 g/mol. The Labute approximate surface area is 187 Å². The highest BCUT2D eigenvalue weighted by molar-refractivity contribution is 7.14. The van der Waals surface area contributed by atoms with E-state index in [-0.39, 0.29) is 23.2 Å². The number of anilines is 1. The number of nitrogens with one attached hydrogen (secondary N) is 2. The second-order valence-corrected chi connectivity index (χ2v) is 8.71. The van der Waals surface area contributed by atoms with Gasteiger partial charge >= 0.3 is 5.97 Å². The van der Waals surface area contributed by atoms with Crippen molar-refractivity contribution in [2.24, 2.45) is 0 Å². The lowest BCUT2D eigenvalue weighted by Crippen LogP contribution is -2.23. The molecule has 3 rings (SSSR count). The number of hydrogen-bond acceptors (Lipinski definition) is 7. The van der Waals surface area contributed by atoms with Gasteiger partial charge in [-0.05, 0) is 54.8 Å². The van der Waals surface area contributed by atoms with E-state index in [2.05, 4.69) is 10.6 Å². The maximum atomic E-state index is 12.6. The SMILES string of the molecule is CC(=O)NCc1ccc(C(=O)C(C)OC(=O)c2ccc(NC(=O)c3cccs3)cc2)s1. The standard InChI is InChI=1S/C22H20N2O5S2/c1-13(20(26)18-10-9-17(31-18)12-23-14(2)25)29-22(28)15-5-7-16(8-6-15)24-21(27)19-4-3-11-30-19/h3-11,13H,12H2,1-2H3,(H,23,25)(H,24,27). The minimum Gasteiger partial charge on any atom is -0.451 e. The van der Waals surface area contributed by atoms with E-state index < -0.39 is 12.1 Å². The molecule has 0 spiro atoms. The number of hydrogen-bond donors (Lipinski definition) is 2. The summed E-state index contributed by atoms with van der Waals surface area (Å²) in [5.41, 5.74) is 0.815. The summed E-state index contributed by atoms with van der Waals surface area (Å²) < 4.78 is 5.30. The minimum atomic E-state index is -0.960. The first-order valence-electron chi connectivity index (χ1n) is 9.36. The normalized spacial score (nSPS) is 11.4. The third-order valence-corrected chi connectivity index (χ3v) is 6.16. The van der Waals surface area contributed by atoms with Crippen LogP contribution in [0.2, 0.25) is 0 Å². The first-order valence-corrected chi connectivity index (χ1v) is 11.1. The summed E-state index contributed by atoms with van der Waals surface area (Å²) in [6.07, 6.45) is -0.960. The first-order chi connectivity index (χ1) is 14.8. The molecular weight excluding hydrogens is 436 g/mol. The second kappa shape index (κ2) is 10.1. The van der Waals surface area contributed by atoms with E-state index in [9.17, 15) is 19.2 Å². The highest BCUT2D eigenvalue weighted by Crippen LogP contribution is 2.20. The third-order valence-electron chi connectivity index (χ3n) is 4.19. The van der Waals surface area contributed by atoms with Gasteiger partial charge in [0.2, 0.25) is 11.7 Å². The van der Waals surface area contributed by atoms with Crippen molar-refractivity contribution in [3.8, 4) is 0 Å². The molecule has 9 heteroatoms. The van der Waals surface area contributed by atoms with Crippen LogP contribution < -0.4 is 10.6 Å². The second-order valence-electron chi connectivity index (χ2n) is 6.60. The molecule has 3 aromatic rings. The zero-order chi connectivity index (χ0) is 22.4. The van der Waals surface area contributed by atoms with Crippen LogP contribution in [0.25, 0.3) is 0 Å². The smallest absolute Gasteiger partial charge is 0.338 e. The highest BCUT2D eigenvalue weighted by atomic mass is 32.1. The molecular formula is C22H20N2O5S2. The molecule has 0 saturated heterocycles. The summed E-state index contributed by atoms with van der Waals surface area (Å²) >= 11 is 2.58. The van der Waals surface area contributed by atoms with E-state index in [0.717, 1.165) is 4.88 Å². The first kappa shape index (κ1) is 22.4. The van der Waals surface area contributed by atoms with Gasteiger partial charge in [0.05, 0.1) is 21.9 Å². The molecule has 0 bridgehead atoms. The Kier molecular flexibility index (Phi) is 7.32. The number of carbonyl (C=O) groups excluding carboxylic acids is 4. The number of ether oxygens (including phenoxy) is 1. The van der Waals surface area contributed by atoms with Crippen molar-refractivity contribution >= 4 is 51.9 Å². The van der Waals surface area contributed by atoms with Crippen LogP contribution in [0, 0.1) is 0 Å². The molecule has 1 aromatic carbocycles. The third kappa shape index (κ3) is 6.09. The Morgan fingerprint density at radius 3 is 2.39 bits per heavy atom. The van der Waals surface area contributed by atoms with Crippen LogP contribution in [0.1, 0.15) is 48.4 Å². The lowest BCUT2D eigenvalue weighted by molar-refractivity contribution is -0.119. The van der Waals surface area contributed by atoms with E-state index in [4.69, 9.17) is 4.74 Å². The molecule has 160 valence electrons. The topological polar surface area (TPSA) is 102 Å². The number of rotatable bonds is 8. The van der Waals surface area contributed by atoms with E-state index >= 15 is 0 Å². The molecule has 0 saturated carbocycles. The minimum absolute atomic E-state index is 0.152. The van der Waals surface area contributed by atoms with Crippen LogP contribution in [0.5, 0.6) is 0 Å². The average Bonchev–Trinajstić information content (AvgIpc) is 3.44. The van der Waals surface area contributed by atoms with Gasteiger partial charge < -0.3 is 15.4 Å². The number of carbonyl (C=O) groups is 4. The summed E-state index contributed by atoms with van der Waals surface area (Å²) in [5, 5.41) is 7.24. The Bertz CT molecular complexity index is 1090. The van der Waals surface area contributed by atoms with Crippen LogP contribution in [0.15, 0.2) is 53.9 Å². The van der Waals surface area contributed by atoms with Gasteiger partial charge in [0, 0.05) is 17.5 Å². The maximum absolute atomic E-state index is 12.6. The molecule has 2 aromatic heterocycles.